The molecule has 1 atom stereocenters. The molecule has 1 radical (unpaired) electrons. The fourth-order valence-corrected chi connectivity index (χ4v) is 0.403. The minimum Gasteiger partial charge on any atom is -0.379 e. The van der Waals surface area contributed by atoms with E-state index in [0.29, 0.717) is 13.2 Å². The predicted molar refractivity (Wildman–Crippen MR) is 35.8 cm³/mol. The second kappa shape index (κ2) is 6.01. The molecule has 0 heterocycles. The zero-order chi connectivity index (χ0) is 7.11. The van der Waals surface area contributed by atoms with Crippen molar-refractivity contribution in [1.29, 1.82) is 0 Å². The Morgan fingerprint density at radius 2 is 2.22 bits per heavy atom. The predicted octanol–water partition coefficient (Wildman–Crippen LogP) is 0.158. The maximum atomic E-state index is 5.19. The average molecular weight is 132 g/mol. The molecule has 9 heavy (non-hydrogen) atoms. The van der Waals surface area contributed by atoms with E-state index in [1.807, 2.05) is 6.92 Å². The summed E-state index contributed by atoms with van der Waals surface area (Å²) in [7, 11) is 0. The summed E-state index contributed by atoms with van der Waals surface area (Å²) >= 11 is 0. The Morgan fingerprint density at radius 3 is 2.67 bits per heavy atom. The van der Waals surface area contributed by atoms with Gasteiger partial charge in [0, 0.05) is 6.61 Å². The lowest BCUT2D eigenvalue weighted by molar-refractivity contribution is 0.0282. The van der Waals surface area contributed by atoms with Gasteiger partial charge in [0.25, 0.3) is 0 Å². The van der Waals surface area contributed by atoms with Crippen molar-refractivity contribution in [1.82, 2.24) is 0 Å². The Morgan fingerprint density at radius 1 is 1.56 bits per heavy atom. The molecule has 0 saturated heterocycles. The van der Waals surface area contributed by atoms with Crippen LogP contribution in [0.15, 0.2) is 0 Å². The van der Waals surface area contributed by atoms with Gasteiger partial charge in [-0.05, 0) is 13.8 Å². The highest BCUT2D eigenvalue weighted by molar-refractivity contribution is 4.45. The van der Waals surface area contributed by atoms with Gasteiger partial charge >= 0.3 is 0 Å². The van der Waals surface area contributed by atoms with E-state index in [-0.39, 0.29) is 0 Å². The normalized spacial score (nSPS) is 13.7. The van der Waals surface area contributed by atoms with Crippen LogP contribution in [0.25, 0.3) is 0 Å². The first-order valence-electron chi connectivity index (χ1n) is 3.05. The Hall–Kier alpha value is -0.120. The lowest BCUT2D eigenvalue weighted by atomic mass is 10.7. The second-order valence-electron chi connectivity index (χ2n) is 1.61. The highest BCUT2D eigenvalue weighted by Gasteiger charge is 1.90. The van der Waals surface area contributed by atoms with Gasteiger partial charge in [-0.15, -0.1) is 0 Å². The van der Waals surface area contributed by atoms with Crippen molar-refractivity contribution in [3.8, 4) is 0 Å². The molecule has 0 bridgehead atoms. The average Bonchev–Trinajstić information content (AvgIpc) is 1.80. The first-order valence-corrected chi connectivity index (χ1v) is 3.05. The number of rotatable bonds is 5. The molecule has 0 rings (SSSR count). The van der Waals surface area contributed by atoms with Gasteiger partial charge in [0.2, 0.25) is 0 Å². The maximum absolute atomic E-state index is 5.19. The number of ether oxygens (including phenoxy) is 2. The van der Waals surface area contributed by atoms with Gasteiger partial charge in [0.1, 0.15) is 6.23 Å². The van der Waals surface area contributed by atoms with Crippen molar-refractivity contribution >= 4 is 0 Å². The number of nitrogens with two attached hydrogens (primary N) is 1. The van der Waals surface area contributed by atoms with Crippen molar-refractivity contribution in [2.45, 2.75) is 13.2 Å². The first-order chi connectivity index (χ1) is 4.27. The van der Waals surface area contributed by atoms with E-state index in [2.05, 4.69) is 6.92 Å². The van der Waals surface area contributed by atoms with Crippen molar-refractivity contribution in [2.75, 3.05) is 19.8 Å². The summed E-state index contributed by atoms with van der Waals surface area (Å²) in [5.41, 5.74) is 5.19. The Bertz CT molecular complexity index is 57.0. The largest absolute Gasteiger partial charge is 0.379 e. The van der Waals surface area contributed by atoms with Crippen molar-refractivity contribution < 1.29 is 9.47 Å². The molecule has 0 amide bonds. The zero-order valence-electron chi connectivity index (χ0n) is 5.80. The van der Waals surface area contributed by atoms with Gasteiger partial charge in [-0.1, -0.05) is 0 Å². The van der Waals surface area contributed by atoms with Gasteiger partial charge in [0.05, 0.1) is 13.2 Å². The van der Waals surface area contributed by atoms with Gasteiger partial charge in [-0.3, -0.25) is 0 Å². The van der Waals surface area contributed by atoms with Crippen LogP contribution in [-0.2, 0) is 9.47 Å². The van der Waals surface area contributed by atoms with Crippen LogP contribution < -0.4 is 5.73 Å². The van der Waals surface area contributed by atoms with Crippen LogP contribution in [0.2, 0.25) is 0 Å². The third-order valence-electron chi connectivity index (χ3n) is 0.764. The van der Waals surface area contributed by atoms with Crippen LogP contribution in [0, 0.1) is 6.92 Å². The fraction of sp³-hybridized carbons (Fsp3) is 0.833. The Kier molecular flexibility index (Phi) is 5.93. The van der Waals surface area contributed by atoms with E-state index < -0.39 is 6.23 Å². The first kappa shape index (κ1) is 8.88. The highest BCUT2D eigenvalue weighted by Crippen LogP contribution is 1.80. The van der Waals surface area contributed by atoms with Crippen LogP contribution in [0.3, 0.4) is 0 Å². The van der Waals surface area contributed by atoms with Crippen LogP contribution in [0.1, 0.15) is 6.92 Å². The minimum absolute atomic E-state index is 0.426. The SMILES string of the molecule is [CH2]C(N)OCCOCC. The molecule has 0 aliphatic heterocycles. The molecule has 0 aliphatic rings. The minimum atomic E-state index is -0.426. The van der Waals surface area contributed by atoms with E-state index in [1.54, 1.807) is 0 Å². The fourth-order valence-electron chi connectivity index (χ4n) is 0.403. The molecule has 3 nitrogen and oxygen atoms in total. The standard InChI is InChI=1S/C6H14NO2/c1-3-8-4-5-9-6(2)7/h6H,2-5,7H2,1H3. The van der Waals surface area contributed by atoms with Crippen LogP contribution in [0.5, 0.6) is 0 Å². The monoisotopic (exact) mass is 132 g/mol. The quantitative estimate of drug-likeness (QED) is 0.428. The molecule has 0 spiro atoms. The molecule has 0 saturated carbocycles. The van der Waals surface area contributed by atoms with Crippen LogP contribution in [-0.4, -0.2) is 26.0 Å². The number of hydrogen-bond donors (Lipinski definition) is 1. The molecule has 0 aromatic carbocycles. The third-order valence-corrected chi connectivity index (χ3v) is 0.764. The Balaban J connectivity index is 2.75. The molecule has 1 unspecified atom stereocenters. The van der Waals surface area contributed by atoms with Crippen molar-refractivity contribution in [2.24, 2.45) is 5.73 Å². The molecule has 0 aromatic heterocycles. The molecule has 0 aliphatic carbocycles. The summed E-state index contributed by atoms with van der Waals surface area (Å²) in [5.74, 6) is 0. The van der Waals surface area contributed by atoms with E-state index in [9.17, 15) is 0 Å². The van der Waals surface area contributed by atoms with Crippen LogP contribution >= 0.6 is 0 Å². The third kappa shape index (κ3) is 7.88. The van der Waals surface area contributed by atoms with Gasteiger partial charge in [-0.25, -0.2) is 0 Å². The number of hydrogen-bond acceptors (Lipinski definition) is 3. The molecular weight excluding hydrogens is 118 g/mol. The molecular formula is C6H14NO2. The van der Waals surface area contributed by atoms with Gasteiger partial charge < -0.3 is 15.2 Å². The van der Waals surface area contributed by atoms with Gasteiger partial charge in [0.15, 0.2) is 0 Å². The van der Waals surface area contributed by atoms with Crippen molar-refractivity contribution in [3.63, 3.8) is 0 Å². The van der Waals surface area contributed by atoms with Crippen molar-refractivity contribution in [3.05, 3.63) is 6.92 Å². The molecule has 0 aromatic rings. The molecule has 2 N–H and O–H groups in total. The summed E-state index contributed by atoms with van der Waals surface area (Å²) in [4.78, 5) is 0. The summed E-state index contributed by atoms with van der Waals surface area (Å²) in [5, 5.41) is 0. The summed E-state index contributed by atoms with van der Waals surface area (Å²) < 4.78 is 9.86. The molecule has 0 fully saturated rings. The zero-order valence-corrected chi connectivity index (χ0v) is 5.80. The topological polar surface area (TPSA) is 44.5 Å². The molecule has 3 heteroatoms. The van der Waals surface area contributed by atoms with Gasteiger partial charge in [-0.2, -0.15) is 0 Å². The van der Waals surface area contributed by atoms with E-state index in [0.717, 1.165) is 6.61 Å². The lowest BCUT2D eigenvalue weighted by Crippen LogP contribution is -2.21. The van der Waals surface area contributed by atoms with E-state index >= 15 is 0 Å². The second-order valence-corrected chi connectivity index (χ2v) is 1.61. The summed E-state index contributed by atoms with van der Waals surface area (Å²) in [6.45, 7) is 7.21. The lowest BCUT2D eigenvalue weighted by Gasteiger charge is -2.05. The highest BCUT2D eigenvalue weighted by atomic mass is 16.5. The summed E-state index contributed by atoms with van der Waals surface area (Å²) in [6, 6.07) is 0. The van der Waals surface area contributed by atoms with Crippen LogP contribution in [0.4, 0.5) is 0 Å². The molecule has 55 valence electrons. The Labute approximate surface area is 56.1 Å². The van der Waals surface area contributed by atoms with E-state index in [4.69, 9.17) is 15.2 Å². The smallest absolute Gasteiger partial charge is 0.105 e. The van der Waals surface area contributed by atoms with E-state index in [1.165, 1.54) is 0 Å². The maximum Gasteiger partial charge on any atom is 0.105 e. The summed E-state index contributed by atoms with van der Waals surface area (Å²) in [6.07, 6.45) is -0.426.